The highest BCUT2D eigenvalue weighted by molar-refractivity contribution is 6.03. The maximum atomic E-state index is 12.4. The van der Waals surface area contributed by atoms with Gasteiger partial charge in [0.15, 0.2) is 0 Å². The van der Waals surface area contributed by atoms with E-state index in [0.717, 1.165) is 5.39 Å². The molecular weight excluding hydrogens is 270 g/mol. The number of ketones is 1. The first-order valence-electron chi connectivity index (χ1n) is 6.84. The van der Waals surface area contributed by atoms with Gasteiger partial charge < -0.3 is 9.53 Å². The number of para-hydroxylation sites is 1. The van der Waals surface area contributed by atoms with Crippen molar-refractivity contribution in [1.29, 1.82) is 0 Å². The molecule has 0 N–H and O–H groups in total. The van der Waals surface area contributed by atoms with Crippen molar-refractivity contribution in [1.82, 2.24) is 4.57 Å². The third-order valence-electron chi connectivity index (χ3n) is 3.14. The van der Waals surface area contributed by atoms with Crippen molar-refractivity contribution in [2.75, 3.05) is 6.61 Å². The first kappa shape index (κ1) is 15.0. The SMILES string of the molecule is CCOC(=O)c1cc2ccccc2n1C(=O)CCC(C)=O. The Balaban J connectivity index is 2.47. The summed E-state index contributed by atoms with van der Waals surface area (Å²) in [6.07, 6.45) is 0.230. The zero-order chi connectivity index (χ0) is 15.4. The molecule has 0 saturated carbocycles. The van der Waals surface area contributed by atoms with Crippen molar-refractivity contribution in [2.24, 2.45) is 0 Å². The lowest BCUT2D eigenvalue weighted by Crippen LogP contribution is -2.19. The third-order valence-corrected chi connectivity index (χ3v) is 3.14. The van der Waals surface area contributed by atoms with Gasteiger partial charge in [0.1, 0.15) is 11.5 Å². The Morgan fingerprint density at radius 1 is 1.14 bits per heavy atom. The lowest BCUT2D eigenvalue weighted by molar-refractivity contribution is -0.117. The minimum atomic E-state index is -0.537. The molecule has 0 atom stereocenters. The van der Waals surface area contributed by atoms with Gasteiger partial charge in [0.05, 0.1) is 12.1 Å². The van der Waals surface area contributed by atoms with Gasteiger partial charge in [0.25, 0.3) is 0 Å². The summed E-state index contributed by atoms with van der Waals surface area (Å²) in [6, 6.07) is 8.86. The van der Waals surface area contributed by atoms with Crippen LogP contribution in [0.5, 0.6) is 0 Å². The number of nitrogens with zero attached hydrogens (tertiary/aromatic N) is 1. The maximum Gasteiger partial charge on any atom is 0.355 e. The second-order valence-electron chi connectivity index (χ2n) is 4.74. The number of ether oxygens (including phenoxy) is 1. The van der Waals surface area contributed by atoms with Gasteiger partial charge in [-0.3, -0.25) is 9.36 Å². The fourth-order valence-electron chi connectivity index (χ4n) is 2.17. The van der Waals surface area contributed by atoms with Crippen LogP contribution < -0.4 is 0 Å². The van der Waals surface area contributed by atoms with Crippen molar-refractivity contribution >= 4 is 28.6 Å². The number of fused-ring (bicyclic) bond motifs is 1. The summed E-state index contributed by atoms with van der Waals surface area (Å²) in [5, 5.41) is 0.789. The number of carbonyl (C=O) groups excluding carboxylic acids is 3. The lowest BCUT2D eigenvalue weighted by Gasteiger charge is -2.08. The monoisotopic (exact) mass is 287 g/mol. The standard InChI is InChI=1S/C16H17NO4/c1-3-21-16(20)14-10-12-6-4-5-7-13(12)17(14)15(19)9-8-11(2)18/h4-7,10H,3,8-9H2,1-2H3. The summed E-state index contributed by atoms with van der Waals surface area (Å²) in [4.78, 5) is 35.4. The predicted molar refractivity (Wildman–Crippen MR) is 78.4 cm³/mol. The Labute approximate surface area is 122 Å². The van der Waals surface area contributed by atoms with Crippen LogP contribution in [-0.4, -0.2) is 28.8 Å². The van der Waals surface area contributed by atoms with E-state index in [0.29, 0.717) is 5.52 Å². The number of esters is 1. The highest BCUT2D eigenvalue weighted by atomic mass is 16.5. The maximum absolute atomic E-state index is 12.4. The highest BCUT2D eigenvalue weighted by Crippen LogP contribution is 2.21. The molecule has 1 aromatic heterocycles. The van der Waals surface area contributed by atoms with E-state index in [1.807, 2.05) is 12.1 Å². The molecule has 1 heterocycles. The molecule has 5 heteroatoms. The van der Waals surface area contributed by atoms with Crippen molar-refractivity contribution in [3.8, 4) is 0 Å². The Bertz CT molecular complexity index is 699. The molecular formula is C16H17NO4. The van der Waals surface area contributed by atoms with E-state index in [2.05, 4.69) is 0 Å². The minimum absolute atomic E-state index is 0.0579. The van der Waals surface area contributed by atoms with Gasteiger partial charge in [-0.2, -0.15) is 0 Å². The molecule has 21 heavy (non-hydrogen) atoms. The van der Waals surface area contributed by atoms with Crippen LogP contribution in [0.2, 0.25) is 0 Å². The molecule has 0 unspecified atom stereocenters. The molecule has 5 nitrogen and oxygen atoms in total. The summed E-state index contributed by atoms with van der Waals surface area (Å²) in [5.41, 5.74) is 0.848. The van der Waals surface area contributed by atoms with Crippen LogP contribution in [0.4, 0.5) is 0 Å². The zero-order valence-corrected chi connectivity index (χ0v) is 12.1. The first-order chi connectivity index (χ1) is 10.0. The summed E-state index contributed by atoms with van der Waals surface area (Å²) in [7, 11) is 0. The topological polar surface area (TPSA) is 65.4 Å². The van der Waals surface area contributed by atoms with Gasteiger partial charge in [-0.1, -0.05) is 18.2 Å². The molecule has 0 radical (unpaired) electrons. The molecule has 110 valence electrons. The van der Waals surface area contributed by atoms with Crippen molar-refractivity contribution < 1.29 is 19.1 Å². The zero-order valence-electron chi connectivity index (χ0n) is 12.1. The summed E-state index contributed by atoms with van der Waals surface area (Å²) >= 11 is 0. The van der Waals surface area contributed by atoms with Crippen molar-refractivity contribution in [3.63, 3.8) is 0 Å². The van der Waals surface area contributed by atoms with Crippen LogP contribution in [0.1, 0.15) is 42.0 Å². The molecule has 2 rings (SSSR count). The van der Waals surface area contributed by atoms with Crippen LogP contribution in [0.3, 0.4) is 0 Å². The van der Waals surface area contributed by atoms with E-state index in [-0.39, 0.29) is 36.8 Å². The normalized spacial score (nSPS) is 10.6. The van der Waals surface area contributed by atoms with Gasteiger partial charge in [-0.25, -0.2) is 4.79 Å². The third kappa shape index (κ3) is 3.18. The fraction of sp³-hybridized carbons (Fsp3) is 0.312. The molecule has 2 aromatic rings. The van der Waals surface area contributed by atoms with Crippen LogP contribution in [0.15, 0.2) is 30.3 Å². The highest BCUT2D eigenvalue weighted by Gasteiger charge is 2.21. The van der Waals surface area contributed by atoms with Crippen LogP contribution >= 0.6 is 0 Å². The fourth-order valence-corrected chi connectivity index (χ4v) is 2.17. The summed E-state index contributed by atoms with van der Waals surface area (Å²) in [5.74, 6) is -0.878. The number of benzene rings is 1. The van der Waals surface area contributed by atoms with Crippen molar-refractivity contribution in [3.05, 3.63) is 36.0 Å². The number of rotatable bonds is 5. The lowest BCUT2D eigenvalue weighted by atomic mass is 10.2. The van der Waals surface area contributed by atoms with E-state index in [9.17, 15) is 14.4 Å². The second-order valence-corrected chi connectivity index (χ2v) is 4.74. The summed E-state index contributed by atoms with van der Waals surface area (Å²) in [6.45, 7) is 3.39. The predicted octanol–water partition coefficient (Wildman–Crippen LogP) is 2.83. The van der Waals surface area contributed by atoms with Crippen LogP contribution in [0, 0.1) is 0 Å². The number of Topliss-reactive ketones (excluding diaryl/α,β-unsaturated/α-hetero) is 1. The molecule has 0 bridgehead atoms. The van der Waals surface area contributed by atoms with Crippen molar-refractivity contribution in [2.45, 2.75) is 26.7 Å². The Morgan fingerprint density at radius 2 is 1.86 bits per heavy atom. The molecule has 0 spiro atoms. The minimum Gasteiger partial charge on any atom is -0.461 e. The Hall–Kier alpha value is -2.43. The van der Waals surface area contributed by atoms with Crippen LogP contribution in [0.25, 0.3) is 10.9 Å². The number of hydrogen-bond donors (Lipinski definition) is 0. The van der Waals surface area contributed by atoms with Gasteiger partial charge in [-0.15, -0.1) is 0 Å². The molecule has 0 aliphatic rings. The summed E-state index contributed by atoms with van der Waals surface area (Å²) < 4.78 is 6.34. The quantitative estimate of drug-likeness (QED) is 0.793. The molecule has 0 aliphatic heterocycles. The van der Waals surface area contributed by atoms with E-state index in [1.54, 1.807) is 25.1 Å². The molecule has 0 aliphatic carbocycles. The second kappa shape index (κ2) is 6.35. The average molecular weight is 287 g/mol. The van der Waals surface area contributed by atoms with Gasteiger partial charge in [0.2, 0.25) is 5.91 Å². The molecule has 0 amide bonds. The number of carbonyl (C=O) groups is 3. The van der Waals surface area contributed by atoms with Crippen LogP contribution in [-0.2, 0) is 9.53 Å². The Morgan fingerprint density at radius 3 is 2.52 bits per heavy atom. The number of hydrogen-bond acceptors (Lipinski definition) is 4. The number of aromatic nitrogens is 1. The van der Waals surface area contributed by atoms with E-state index in [1.165, 1.54) is 11.5 Å². The molecule has 0 saturated heterocycles. The van der Waals surface area contributed by atoms with E-state index >= 15 is 0 Å². The van der Waals surface area contributed by atoms with E-state index < -0.39 is 5.97 Å². The van der Waals surface area contributed by atoms with E-state index in [4.69, 9.17) is 4.74 Å². The smallest absolute Gasteiger partial charge is 0.355 e. The van der Waals surface area contributed by atoms with Gasteiger partial charge >= 0.3 is 5.97 Å². The molecule has 0 fully saturated rings. The Kier molecular flexibility index (Phi) is 4.52. The largest absolute Gasteiger partial charge is 0.461 e. The van der Waals surface area contributed by atoms with Gasteiger partial charge in [-0.05, 0) is 26.0 Å². The molecule has 1 aromatic carbocycles. The first-order valence-corrected chi connectivity index (χ1v) is 6.84. The average Bonchev–Trinajstić information content (AvgIpc) is 2.84. The van der Waals surface area contributed by atoms with Gasteiger partial charge in [0, 0.05) is 18.2 Å².